The van der Waals surface area contributed by atoms with Gasteiger partial charge in [-0.15, -0.1) is 0 Å². The van der Waals surface area contributed by atoms with E-state index in [-0.39, 0.29) is 19.8 Å². The van der Waals surface area contributed by atoms with Crippen molar-refractivity contribution < 1.29 is 18.3 Å². The van der Waals surface area contributed by atoms with Crippen LogP contribution in [-0.4, -0.2) is 32.9 Å². The fourth-order valence-electron chi connectivity index (χ4n) is 2.86. The predicted octanol–water partition coefficient (Wildman–Crippen LogP) is 2.65. The number of benzene rings is 2. The number of nitrogens with one attached hydrogen (secondary N) is 1. The van der Waals surface area contributed by atoms with Gasteiger partial charge in [-0.25, -0.2) is 13.1 Å². The SMILES string of the molecule is CS(=O)(=O)NCCOc1ccc(-c2cccc(CO)c2)c(C2CC2)c1. The molecule has 0 saturated heterocycles. The van der Waals surface area contributed by atoms with Crippen molar-refractivity contribution in [1.29, 1.82) is 0 Å². The highest BCUT2D eigenvalue weighted by molar-refractivity contribution is 7.88. The Kier molecular flexibility index (Phi) is 5.42. The topological polar surface area (TPSA) is 75.6 Å². The number of sulfonamides is 1. The van der Waals surface area contributed by atoms with E-state index in [1.54, 1.807) is 0 Å². The molecule has 1 aliphatic carbocycles. The van der Waals surface area contributed by atoms with Gasteiger partial charge in [0.2, 0.25) is 10.0 Å². The van der Waals surface area contributed by atoms with E-state index in [1.165, 1.54) is 24.0 Å². The van der Waals surface area contributed by atoms with Crippen molar-refractivity contribution in [2.75, 3.05) is 19.4 Å². The maximum Gasteiger partial charge on any atom is 0.208 e. The maximum atomic E-state index is 11.1. The lowest BCUT2D eigenvalue weighted by Gasteiger charge is -2.13. The molecule has 0 aliphatic heterocycles. The van der Waals surface area contributed by atoms with Crippen molar-refractivity contribution in [3.8, 4) is 16.9 Å². The van der Waals surface area contributed by atoms with E-state index in [0.717, 1.165) is 23.1 Å². The third-order valence-corrected chi connectivity index (χ3v) is 4.92. The van der Waals surface area contributed by atoms with Crippen LogP contribution in [-0.2, 0) is 16.6 Å². The molecule has 0 spiro atoms. The number of rotatable bonds is 8. The Morgan fingerprint density at radius 3 is 2.68 bits per heavy atom. The van der Waals surface area contributed by atoms with Gasteiger partial charge in [0.05, 0.1) is 12.9 Å². The average molecular weight is 361 g/mol. The van der Waals surface area contributed by atoms with Gasteiger partial charge in [0.15, 0.2) is 0 Å². The molecule has 6 heteroatoms. The van der Waals surface area contributed by atoms with Gasteiger partial charge in [0.25, 0.3) is 0 Å². The summed E-state index contributed by atoms with van der Waals surface area (Å²) in [6, 6.07) is 13.9. The molecule has 0 unspecified atom stereocenters. The average Bonchev–Trinajstić information content (AvgIpc) is 3.43. The Hall–Kier alpha value is -1.89. The van der Waals surface area contributed by atoms with Crippen molar-refractivity contribution in [2.24, 2.45) is 0 Å². The van der Waals surface area contributed by atoms with E-state index < -0.39 is 10.0 Å². The van der Waals surface area contributed by atoms with Gasteiger partial charge in [-0.1, -0.05) is 24.3 Å². The molecular formula is C19H23NO4S. The van der Waals surface area contributed by atoms with E-state index in [2.05, 4.69) is 16.9 Å². The zero-order chi connectivity index (χ0) is 17.9. The van der Waals surface area contributed by atoms with Gasteiger partial charge in [0.1, 0.15) is 12.4 Å². The minimum atomic E-state index is -3.19. The number of aliphatic hydroxyl groups is 1. The molecule has 0 bridgehead atoms. The summed E-state index contributed by atoms with van der Waals surface area (Å²) in [5.74, 6) is 1.30. The Morgan fingerprint density at radius 2 is 2.00 bits per heavy atom. The molecule has 2 N–H and O–H groups in total. The van der Waals surface area contributed by atoms with Crippen LogP contribution in [0.1, 0.15) is 29.9 Å². The van der Waals surface area contributed by atoms with Crippen LogP contribution < -0.4 is 9.46 Å². The first-order chi connectivity index (χ1) is 12.0. The number of aliphatic hydroxyl groups excluding tert-OH is 1. The molecule has 1 fully saturated rings. The van der Waals surface area contributed by atoms with Gasteiger partial charge in [0, 0.05) is 6.54 Å². The summed E-state index contributed by atoms with van der Waals surface area (Å²) < 4.78 is 30.2. The minimum Gasteiger partial charge on any atom is -0.492 e. The highest BCUT2D eigenvalue weighted by Crippen LogP contribution is 2.45. The standard InChI is InChI=1S/C19H23NO4S/c1-25(22,23)20-9-10-24-17-7-8-18(19(12-17)15-5-6-15)16-4-2-3-14(11-16)13-21/h2-4,7-8,11-12,15,20-21H,5-6,9-10,13H2,1H3. The summed E-state index contributed by atoms with van der Waals surface area (Å²) in [7, 11) is -3.19. The second-order valence-electron chi connectivity index (χ2n) is 6.40. The Labute approximate surface area is 148 Å². The molecule has 0 heterocycles. The summed E-state index contributed by atoms with van der Waals surface area (Å²) >= 11 is 0. The molecule has 5 nitrogen and oxygen atoms in total. The summed E-state index contributed by atoms with van der Waals surface area (Å²) in [5, 5.41) is 9.35. The van der Waals surface area contributed by atoms with Gasteiger partial charge >= 0.3 is 0 Å². The molecule has 1 saturated carbocycles. The lowest BCUT2D eigenvalue weighted by molar-refractivity contribution is 0.282. The van der Waals surface area contributed by atoms with Crippen LogP contribution in [0.15, 0.2) is 42.5 Å². The van der Waals surface area contributed by atoms with Crippen molar-refractivity contribution in [1.82, 2.24) is 4.72 Å². The monoisotopic (exact) mass is 361 g/mol. The predicted molar refractivity (Wildman–Crippen MR) is 98.1 cm³/mol. The molecule has 2 aromatic carbocycles. The second kappa shape index (κ2) is 7.56. The molecule has 1 aliphatic rings. The fourth-order valence-corrected chi connectivity index (χ4v) is 3.31. The number of hydrogen-bond acceptors (Lipinski definition) is 4. The number of hydrogen-bond donors (Lipinski definition) is 2. The van der Waals surface area contributed by atoms with Crippen LogP contribution in [0.4, 0.5) is 0 Å². The fraction of sp³-hybridized carbons (Fsp3) is 0.368. The first-order valence-corrected chi connectivity index (χ1v) is 10.3. The van der Waals surface area contributed by atoms with E-state index in [4.69, 9.17) is 4.74 Å². The maximum absolute atomic E-state index is 11.1. The molecule has 134 valence electrons. The molecule has 0 aromatic heterocycles. The molecule has 25 heavy (non-hydrogen) atoms. The van der Waals surface area contributed by atoms with Gasteiger partial charge < -0.3 is 9.84 Å². The third kappa shape index (κ3) is 5.04. The van der Waals surface area contributed by atoms with Crippen LogP contribution in [0, 0.1) is 0 Å². The van der Waals surface area contributed by atoms with Gasteiger partial charge in [-0.2, -0.15) is 0 Å². The summed E-state index contributed by atoms with van der Waals surface area (Å²) in [6.45, 7) is 0.565. The van der Waals surface area contributed by atoms with E-state index >= 15 is 0 Å². The molecule has 2 aromatic rings. The van der Waals surface area contributed by atoms with Crippen LogP contribution in [0.2, 0.25) is 0 Å². The Balaban J connectivity index is 1.77. The quantitative estimate of drug-likeness (QED) is 0.709. The zero-order valence-corrected chi connectivity index (χ0v) is 15.1. The normalized spacial score (nSPS) is 14.5. The largest absolute Gasteiger partial charge is 0.492 e. The third-order valence-electron chi connectivity index (χ3n) is 4.20. The van der Waals surface area contributed by atoms with Crippen LogP contribution in [0.3, 0.4) is 0 Å². The summed E-state index contributed by atoms with van der Waals surface area (Å²) in [5.41, 5.74) is 4.41. The smallest absolute Gasteiger partial charge is 0.208 e. The highest BCUT2D eigenvalue weighted by atomic mass is 32.2. The highest BCUT2D eigenvalue weighted by Gasteiger charge is 2.27. The lowest BCUT2D eigenvalue weighted by atomic mass is 9.95. The molecule has 3 rings (SSSR count). The van der Waals surface area contributed by atoms with Crippen molar-refractivity contribution >= 4 is 10.0 Å². The summed E-state index contributed by atoms with van der Waals surface area (Å²) in [4.78, 5) is 0. The first kappa shape index (κ1) is 17.9. The van der Waals surface area contributed by atoms with Crippen molar-refractivity contribution in [3.63, 3.8) is 0 Å². The molecular weight excluding hydrogens is 338 g/mol. The van der Waals surface area contributed by atoms with Crippen molar-refractivity contribution in [3.05, 3.63) is 53.6 Å². The Bertz CT molecular complexity index is 844. The molecule has 0 radical (unpaired) electrons. The van der Waals surface area contributed by atoms with Crippen LogP contribution in [0.25, 0.3) is 11.1 Å². The van der Waals surface area contributed by atoms with E-state index in [1.807, 2.05) is 30.3 Å². The summed E-state index contributed by atoms with van der Waals surface area (Å²) in [6.07, 6.45) is 3.48. The van der Waals surface area contributed by atoms with E-state index in [0.29, 0.717) is 5.92 Å². The second-order valence-corrected chi connectivity index (χ2v) is 8.23. The molecule has 0 amide bonds. The van der Waals surface area contributed by atoms with Gasteiger partial charge in [-0.05, 0) is 59.2 Å². The van der Waals surface area contributed by atoms with Crippen LogP contribution >= 0.6 is 0 Å². The van der Waals surface area contributed by atoms with Crippen molar-refractivity contribution in [2.45, 2.75) is 25.4 Å². The first-order valence-electron chi connectivity index (χ1n) is 8.38. The van der Waals surface area contributed by atoms with Crippen LogP contribution in [0.5, 0.6) is 5.75 Å². The molecule has 0 atom stereocenters. The lowest BCUT2D eigenvalue weighted by Crippen LogP contribution is -2.26. The Morgan fingerprint density at radius 1 is 1.20 bits per heavy atom. The van der Waals surface area contributed by atoms with Gasteiger partial charge in [-0.3, -0.25) is 0 Å². The number of ether oxygens (including phenoxy) is 1. The van der Waals surface area contributed by atoms with E-state index in [9.17, 15) is 13.5 Å². The zero-order valence-electron chi connectivity index (χ0n) is 14.2. The minimum absolute atomic E-state index is 0.0289.